The van der Waals surface area contributed by atoms with Crippen molar-refractivity contribution in [3.8, 4) is 0 Å². The van der Waals surface area contributed by atoms with E-state index in [-0.39, 0.29) is 0 Å². The molecule has 0 atom stereocenters. The highest BCUT2D eigenvalue weighted by Gasteiger charge is 2.28. The first-order valence-corrected chi connectivity index (χ1v) is 6.33. The number of halogens is 2. The molecular formula is C13H13F2N3O2. The lowest BCUT2D eigenvalue weighted by Crippen LogP contribution is -2.10. The molecule has 2 aromatic heterocycles. The Morgan fingerprint density at radius 2 is 2.30 bits per heavy atom. The predicted octanol–water partition coefficient (Wildman–Crippen LogP) is 2.36. The quantitative estimate of drug-likeness (QED) is 0.807. The molecule has 0 saturated heterocycles. The van der Waals surface area contributed by atoms with Crippen molar-refractivity contribution in [3.63, 3.8) is 0 Å². The summed E-state index contributed by atoms with van der Waals surface area (Å²) < 4.78 is 31.0. The number of methoxy groups -OCH3 is 1. The van der Waals surface area contributed by atoms with Gasteiger partial charge >= 0.3 is 5.97 Å². The Balaban J connectivity index is 2.16. The van der Waals surface area contributed by atoms with Gasteiger partial charge in [0.15, 0.2) is 5.65 Å². The summed E-state index contributed by atoms with van der Waals surface area (Å²) in [6, 6.07) is 1.68. The largest absolute Gasteiger partial charge is 0.465 e. The number of nitrogens with zero attached hydrogens (tertiary/aromatic N) is 3. The molecule has 3 rings (SSSR count). The van der Waals surface area contributed by atoms with Crippen molar-refractivity contribution in [2.75, 3.05) is 7.11 Å². The Morgan fingerprint density at radius 3 is 2.90 bits per heavy atom. The summed E-state index contributed by atoms with van der Waals surface area (Å²) in [6.07, 6.45) is 0.865. The number of rotatable bonds is 4. The number of alkyl halides is 2. The molecule has 1 fully saturated rings. The zero-order chi connectivity index (χ0) is 14.3. The zero-order valence-corrected chi connectivity index (χ0v) is 10.8. The van der Waals surface area contributed by atoms with Gasteiger partial charge in [0.25, 0.3) is 6.43 Å². The van der Waals surface area contributed by atoms with Crippen LogP contribution in [0.3, 0.4) is 0 Å². The van der Waals surface area contributed by atoms with Gasteiger partial charge < -0.3 is 4.74 Å². The van der Waals surface area contributed by atoms with Crippen LogP contribution in [0.5, 0.6) is 0 Å². The summed E-state index contributed by atoms with van der Waals surface area (Å²) in [4.78, 5) is 16.2. The third kappa shape index (κ3) is 2.23. The summed E-state index contributed by atoms with van der Waals surface area (Å²) in [7, 11) is 1.29. The van der Waals surface area contributed by atoms with Gasteiger partial charge in [-0.15, -0.1) is 0 Å². The predicted molar refractivity (Wildman–Crippen MR) is 66.8 cm³/mol. The second kappa shape index (κ2) is 4.81. The van der Waals surface area contributed by atoms with Crippen molar-refractivity contribution in [2.45, 2.75) is 31.7 Å². The number of ether oxygens (including phenoxy) is 1. The molecule has 2 aromatic rings. The molecule has 0 spiro atoms. The van der Waals surface area contributed by atoms with Crippen molar-refractivity contribution >= 4 is 17.0 Å². The van der Waals surface area contributed by atoms with Gasteiger partial charge in [-0.1, -0.05) is 0 Å². The Hall–Kier alpha value is -2.05. The molecule has 0 radical (unpaired) electrons. The van der Waals surface area contributed by atoms with Crippen LogP contribution in [-0.4, -0.2) is 34.3 Å². The van der Waals surface area contributed by atoms with Crippen molar-refractivity contribution in [2.24, 2.45) is 0 Å². The molecule has 0 aromatic carbocycles. The zero-order valence-electron chi connectivity index (χ0n) is 10.8. The molecule has 1 aliphatic rings. The van der Waals surface area contributed by atoms with Gasteiger partial charge in [-0.25, -0.2) is 23.2 Å². The number of esters is 1. The molecule has 20 heavy (non-hydrogen) atoms. The topological polar surface area (TPSA) is 57.0 Å². The Labute approximate surface area is 113 Å². The van der Waals surface area contributed by atoms with Crippen molar-refractivity contribution in [3.05, 3.63) is 23.5 Å². The van der Waals surface area contributed by atoms with Crippen LogP contribution in [0.15, 0.2) is 12.3 Å². The summed E-state index contributed by atoms with van der Waals surface area (Å²) in [5.41, 5.74) is 1.39. The highest BCUT2D eigenvalue weighted by atomic mass is 19.3. The Bertz CT molecular complexity index is 665. The van der Waals surface area contributed by atoms with Gasteiger partial charge in [0, 0.05) is 11.6 Å². The van der Waals surface area contributed by atoms with Crippen LogP contribution in [0.25, 0.3) is 11.0 Å². The van der Waals surface area contributed by atoms with Crippen LogP contribution in [0.1, 0.15) is 34.8 Å². The summed E-state index contributed by atoms with van der Waals surface area (Å²) in [5, 5.41) is 4.35. The molecule has 0 amide bonds. The van der Waals surface area contributed by atoms with E-state index in [0.29, 0.717) is 22.5 Å². The Kier molecular flexibility index (Phi) is 3.11. The van der Waals surface area contributed by atoms with E-state index in [1.54, 1.807) is 6.07 Å². The lowest BCUT2D eigenvalue weighted by molar-refractivity contribution is 0.0602. The summed E-state index contributed by atoms with van der Waals surface area (Å²) in [5.74, 6) is -0.200. The van der Waals surface area contributed by atoms with Crippen molar-refractivity contribution in [1.82, 2.24) is 14.8 Å². The van der Waals surface area contributed by atoms with E-state index in [4.69, 9.17) is 4.74 Å². The number of carbonyl (C=O) groups excluding carboxylic acids is 1. The minimum absolute atomic E-state index is 0.303. The average molecular weight is 281 g/mol. The molecule has 106 valence electrons. The molecule has 0 unspecified atom stereocenters. The fourth-order valence-corrected chi connectivity index (χ4v) is 2.20. The molecular weight excluding hydrogens is 268 g/mol. The number of fused-ring (bicyclic) bond motifs is 1. The second-order valence-corrected chi connectivity index (χ2v) is 4.82. The van der Waals surface area contributed by atoms with Crippen molar-refractivity contribution in [1.29, 1.82) is 0 Å². The highest BCUT2D eigenvalue weighted by molar-refractivity contribution is 6.02. The van der Waals surface area contributed by atoms with E-state index < -0.39 is 18.9 Å². The lowest BCUT2D eigenvalue weighted by atomic mass is 10.1. The van der Waals surface area contributed by atoms with E-state index in [1.807, 2.05) is 0 Å². The molecule has 1 saturated carbocycles. The van der Waals surface area contributed by atoms with Gasteiger partial charge in [-0.3, -0.25) is 0 Å². The number of carbonyl (C=O) groups is 1. The van der Waals surface area contributed by atoms with Crippen LogP contribution in [0.2, 0.25) is 0 Å². The molecule has 0 bridgehead atoms. The van der Waals surface area contributed by atoms with E-state index >= 15 is 0 Å². The molecule has 7 heteroatoms. The van der Waals surface area contributed by atoms with Crippen LogP contribution < -0.4 is 0 Å². The van der Waals surface area contributed by atoms with Gasteiger partial charge in [-0.05, 0) is 18.9 Å². The van der Waals surface area contributed by atoms with Crippen molar-refractivity contribution < 1.29 is 18.3 Å². The summed E-state index contributed by atoms with van der Waals surface area (Å²) in [6.45, 7) is -0.536. The fourth-order valence-electron chi connectivity index (χ4n) is 2.20. The molecule has 2 heterocycles. The first-order valence-electron chi connectivity index (χ1n) is 6.33. The maximum atomic E-state index is 12.5. The standard InChI is InChI=1S/C13H13F2N3O2/c1-20-13(19)8-4-10(7-2-3-7)17-12-9(8)5-16-18(12)6-11(14)15/h4-5,7,11H,2-3,6H2,1H3. The SMILES string of the molecule is COC(=O)c1cc(C2CC2)nc2c1cnn2CC(F)F. The number of aromatic nitrogens is 3. The third-order valence-electron chi connectivity index (χ3n) is 3.34. The molecule has 0 aliphatic heterocycles. The van der Waals surface area contributed by atoms with Crippen LogP contribution in [0, 0.1) is 0 Å². The highest BCUT2D eigenvalue weighted by Crippen LogP contribution is 2.40. The first kappa shape index (κ1) is 13.0. The van der Waals surface area contributed by atoms with Crippen LogP contribution >= 0.6 is 0 Å². The molecule has 5 nitrogen and oxygen atoms in total. The Morgan fingerprint density at radius 1 is 1.55 bits per heavy atom. The van der Waals surface area contributed by atoms with Gasteiger partial charge in [0.1, 0.15) is 6.54 Å². The molecule has 1 aliphatic carbocycles. The minimum atomic E-state index is -2.52. The van der Waals surface area contributed by atoms with Gasteiger partial charge in [0.2, 0.25) is 0 Å². The second-order valence-electron chi connectivity index (χ2n) is 4.82. The summed E-state index contributed by atoms with van der Waals surface area (Å²) >= 11 is 0. The minimum Gasteiger partial charge on any atom is -0.465 e. The van der Waals surface area contributed by atoms with E-state index in [9.17, 15) is 13.6 Å². The van der Waals surface area contributed by atoms with Gasteiger partial charge in [-0.2, -0.15) is 5.10 Å². The van der Waals surface area contributed by atoms with Gasteiger partial charge in [0.05, 0.1) is 24.3 Å². The molecule has 0 N–H and O–H groups in total. The smallest absolute Gasteiger partial charge is 0.338 e. The maximum Gasteiger partial charge on any atom is 0.338 e. The first-order chi connectivity index (χ1) is 9.60. The van der Waals surface area contributed by atoms with Crippen LogP contribution in [-0.2, 0) is 11.3 Å². The normalized spacial score (nSPS) is 15.0. The number of hydrogen-bond acceptors (Lipinski definition) is 4. The third-order valence-corrected chi connectivity index (χ3v) is 3.34. The number of pyridine rings is 1. The van der Waals surface area contributed by atoms with E-state index in [1.165, 1.54) is 13.3 Å². The fraction of sp³-hybridized carbons (Fsp3) is 0.462. The van der Waals surface area contributed by atoms with E-state index in [2.05, 4.69) is 10.1 Å². The monoisotopic (exact) mass is 281 g/mol. The maximum absolute atomic E-state index is 12.5. The average Bonchev–Trinajstić information content (AvgIpc) is 3.20. The van der Waals surface area contributed by atoms with Crippen LogP contribution in [0.4, 0.5) is 8.78 Å². The van der Waals surface area contributed by atoms with E-state index in [0.717, 1.165) is 23.2 Å². The lowest BCUT2D eigenvalue weighted by Gasteiger charge is -2.06. The number of hydrogen-bond donors (Lipinski definition) is 0.